The summed E-state index contributed by atoms with van der Waals surface area (Å²) in [6.07, 6.45) is 4.44. The number of sulfonamides is 1. The highest BCUT2D eigenvalue weighted by Crippen LogP contribution is 2.44. The molecular formula is C23H26N6O4S2. The van der Waals surface area contributed by atoms with Gasteiger partial charge >= 0.3 is 0 Å². The van der Waals surface area contributed by atoms with Gasteiger partial charge in [-0.1, -0.05) is 12.1 Å². The van der Waals surface area contributed by atoms with Gasteiger partial charge in [0, 0.05) is 41.4 Å². The van der Waals surface area contributed by atoms with Crippen molar-refractivity contribution in [3.63, 3.8) is 0 Å². The van der Waals surface area contributed by atoms with Crippen LogP contribution in [-0.4, -0.2) is 56.1 Å². The van der Waals surface area contributed by atoms with Gasteiger partial charge in [0.1, 0.15) is 12.1 Å². The fourth-order valence-corrected chi connectivity index (χ4v) is 5.98. The lowest BCUT2D eigenvalue weighted by Crippen LogP contribution is -2.27. The number of anilines is 2. The summed E-state index contributed by atoms with van der Waals surface area (Å²) in [4.78, 5) is 21.8. The molecule has 0 saturated carbocycles. The Morgan fingerprint density at radius 2 is 2.06 bits per heavy atom. The molecule has 35 heavy (non-hydrogen) atoms. The number of nitrogen functional groups attached to an aromatic ring is 1. The number of hydrogen-bond acceptors (Lipinski definition) is 9. The summed E-state index contributed by atoms with van der Waals surface area (Å²) in [6.45, 7) is 0.0508. The zero-order chi connectivity index (χ0) is 25.0. The quantitative estimate of drug-likeness (QED) is 0.288. The lowest BCUT2D eigenvalue weighted by atomic mass is 10.1. The SMILES string of the molecule is CNC(=O)c1cc(S(=O)(=O)NCCO)ccc1NCC1=CCC(c2ccc3ncnc(N)c3c2)S1. The molecule has 3 aromatic rings. The van der Waals surface area contributed by atoms with E-state index in [1.165, 1.54) is 25.5 Å². The molecule has 0 radical (unpaired) electrons. The first-order valence-electron chi connectivity index (χ1n) is 10.9. The van der Waals surface area contributed by atoms with Crippen LogP contribution in [0, 0.1) is 0 Å². The number of rotatable bonds is 9. The molecular weight excluding hydrogens is 488 g/mol. The summed E-state index contributed by atoms with van der Waals surface area (Å²) in [5.41, 5.74) is 8.67. The Hall–Kier alpha value is -3.19. The molecule has 4 rings (SSSR count). The van der Waals surface area contributed by atoms with E-state index in [-0.39, 0.29) is 28.9 Å². The largest absolute Gasteiger partial charge is 0.395 e. The number of carbonyl (C=O) groups is 1. The number of nitrogens with zero attached hydrogens (tertiary/aromatic N) is 2. The molecule has 1 aliphatic heterocycles. The average molecular weight is 515 g/mol. The van der Waals surface area contributed by atoms with Crippen molar-refractivity contribution >= 4 is 50.1 Å². The Morgan fingerprint density at radius 1 is 1.23 bits per heavy atom. The normalized spacial score (nSPS) is 15.7. The number of amides is 1. The number of benzene rings is 2. The molecule has 12 heteroatoms. The molecule has 1 amide bonds. The third-order valence-corrected chi connectivity index (χ3v) is 8.37. The van der Waals surface area contributed by atoms with Crippen LogP contribution in [-0.2, 0) is 10.0 Å². The number of carbonyl (C=O) groups excluding carboxylic acids is 1. The minimum Gasteiger partial charge on any atom is -0.395 e. The average Bonchev–Trinajstić information content (AvgIpc) is 3.35. The van der Waals surface area contributed by atoms with Crippen LogP contribution in [0.15, 0.2) is 58.6 Å². The smallest absolute Gasteiger partial charge is 0.253 e. The highest BCUT2D eigenvalue weighted by molar-refractivity contribution is 8.03. The number of thioether (sulfide) groups is 1. The first-order valence-corrected chi connectivity index (χ1v) is 13.2. The van der Waals surface area contributed by atoms with Crippen molar-refractivity contribution in [2.75, 3.05) is 37.8 Å². The molecule has 6 N–H and O–H groups in total. The Labute approximate surface area is 207 Å². The van der Waals surface area contributed by atoms with Crippen molar-refractivity contribution in [1.29, 1.82) is 0 Å². The van der Waals surface area contributed by atoms with Crippen LogP contribution in [0.2, 0.25) is 0 Å². The summed E-state index contributed by atoms with van der Waals surface area (Å²) in [5.74, 6) is 0.0436. The first-order chi connectivity index (χ1) is 16.8. The predicted octanol–water partition coefficient (Wildman–Crippen LogP) is 2.02. The van der Waals surface area contributed by atoms with E-state index < -0.39 is 15.9 Å². The maximum Gasteiger partial charge on any atom is 0.253 e. The highest BCUT2D eigenvalue weighted by atomic mass is 32.2. The van der Waals surface area contributed by atoms with Gasteiger partial charge in [0.25, 0.3) is 5.91 Å². The van der Waals surface area contributed by atoms with Crippen LogP contribution in [0.1, 0.15) is 27.6 Å². The predicted molar refractivity (Wildman–Crippen MR) is 138 cm³/mol. The number of hydrogen-bond donors (Lipinski definition) is 5. The highest BCUT2D eigenvalue weighted by Gasteiger charge is 2.22. The summed E-state index contributed by atoms with van der Waals surface area (Å²) >= 11 is 1.72. The molecule has 10 nitrogen and oxygen atoms in total. The monoisotopic (exact) mass is 514 g/mol. The molecule has 184 valence electrons. The topological polar surface area (TPSA) is 159 Å². The lowest BCUT2D eigenvalue weighted by molar-refractivity contribution is 0.0963. The van der Waals surface area contributed by atoms with E-state index in [2.05, 4.69) is 31.4 Å². The number of aromatic nitrogens is 2. The van der Waals surface area contributed by atoms with Crippen molar-refractivity contribution in [2.24, 2.45) is 0 Å². The molecule has 1 atom stereocenters. The minimum absolute atomic E-state index is 0.0517. The summed E-state index contributed by atoms with van der Waals surface area (Å²) in [7, 11) is -2.36. The molecule has 0 bridgehead atoms. The third kappa shape index (κ3) is 5.56. The second-order valence-electron chi connectivity index (χ2n) is 7.81. The maximum absolute atomic E-state index is 12.4. The van der Waals surface area contributed by atoms with Crippen molar-refractivity contribution in [3.8, 4) is 0 Å². The second kappa shape index (κ2) is 10.6. The Morgan fingerprint density at radius 3 is 2.83 bits per heavy atom. The van der Waals surface area contributed by atoms with Crippen LogP contribution in [0.25, 0.3) is 10.9 Å². The van der Waals surface area contributed by atoms with Crippen molar-refractivity contribution in [2.45, 2.75) is 16.6 Å². The van der Waals surface area contributed by atoms with Gasteiger partial charge in [-0.2, -0.15) is 0 Å². The lowest BCUT2D eigenvalue weighted by Gasteiger charge is -2.15. The van der Waals surface area contributed by atoms with Crippen molar-refractivity contribution in [1.82, 2.24) is 20.0 Å². The van der Waals surface area contributed by atoms with Crippen LogP contribution in [0.5, 0.6) is 0 Å². The standard InChI is InChI=1S/C23H26N6O4S2/c1-25-23(31)18-11-16(35(32,33)29-8-9-30)4-6-20(18)26-12-15-3-7-21(34-15)14-2-5-19-17(10-14)22(24)28-13-27-19/h2-6,10-11,13,21,26,29-30H,7-9,12H2,1H3,(H,25,31)(H2,24,27,28). The van der Waals surface area contributed by atoms with E-state index in [9.17, 15) is 13.2 Å². The minimum atomic E-state index is -3.84. The van der Waals surface area contributed by atoms with E-state index in [0.29, 0.717) is 18.1 Å². The number of nitrogens with one attached hydrogen (secondary N) is 3. The third-order valence-electron chi connectivity index (χ3n) is 5.55. The Balaban J connectivity index is 1.47. The molecule has 0 fully saturated rings. The summed E-state index contributed by atoms with van der Waals surface area (Å²) < 4.78 is 27.1. The molecule has 2 heterocycles. The van der Waals surface area contributed by atoms with E-state index in [1.807, 2.05) is 18.2 Å². The molecule has 1 aromatic heterocycles. The number of nitrogens with two attached hydrogens (primary N) is 1. The van der Waals surface area contributed by atoms with Gasteiger partial charge in [0.2, 0.25) is 10.0 Å². The van der Waals surface area contributed by atoms with Gasteiger partial charge < -0.3 is 21.5 Å². The zero-order valence-electron chi connectivity index (χ0n) is 19.0. The molecule has 0 saturated heterocycles. The first kappa shape index (κ1) is 24.9. The number of aliphatic hydroxyl groups excluding tert-OH is 1. The molecule has 0 spiro atoms. The second-order valence-corrected chi connectivity index (χ2v) is 10.9. The number of aliphatic hydroxyl groups is 1. The van der Waals surface area contributed by atoms with Gasteiger partial charge in [-0.15, -0.1) is 11.8 Å². The summed E-state index contributed by atoms with van der Waals surface area (Å²) in [5, 5.41) is 15.8. The van der Waals surface area contributed by atoms with Crippen LogP contribution < -0.4 is 21.1 Å². The summed E-state index contributed by atoms with van der Waals surface area (Å²) in [6, 6.07) is 10.3. The van der Waals surface area contributed by atoms with Gasteiger partial charge in [0.15, 0.2) is 0 Å². The van der Waals surface area contributed by atoms with Crippen LogP contribution >= 0.6 is 11.8 Å². The van der Waals surface area contributed by atoms with E-state index in [1.54, 1.807) is 17.8 Å². The van der Waals surface area contributed by atoms with Crippen LogP contribution in [0.4, 0.5) is 11.5 Å². The fraction of sp³-hybridized carbons (Fsp3) is 0.261. The van der Waals surface area contributed by atoms with Crippen LogP contribution in [0.3, 0.4) is 0 Å². The molecule has 1 unspecified atom stereocenters. The van der Waals surface area contributed by atoms with E-state index in [4.69, 9.17) is 10.8 Å². The molecule has 1 aliphatic rings. The fourth-order valence-electron chi connectivity index (χ4n) is 3.74. The van der Waals surface area contributed by atoms with Gasteiger partial charge in [-0.3, -0.25) is 4.79 Å². The zero-order valence-corrected chi connectivity index (χ0v) is 20.6. The van der Waals surface area contributed by atoms with Crippen molar-refractivity contribution in [3.05, 3.63) is 64.8 Å². The molecule has 2 aromatic carbocycles. The van der Waals surface area contributed by atoms with Gasteiger partial charge in [-0.25, -0.2) is 23.1 Å². The Bertz CT molecular complexity index is 1390. The maximum atomic E-state index is 12.4. The number of fused-ring (bicyclic) bond motifs is 1. The van der Waals surface area contributed by atoms with E-state index >= 15 is 0 Å². The van der Waals surface area contributed by atoms with Gasteiger partial charge in [0.05, 0.1) is 22.6 Å². The van der Waals surface area contributed by atoms with Crippen molar-refractivity contribution < 1.29 is 18.3 Å². The molecule has 0 aliphatic carbocycles. The van der Waals surface area contributed by atoms with E-state index in [0.717, 1.165) is 27.8 Å². The van der Waals surface area contributed by atoms with Gasteiger partial charge in [-0.05, 0) is 42.3 Å². The number of allylic oxidation sites excluding steroid dienone is 1. The Kier molecular flexibility index (Phi) is 7.55.